The van der Waals surface area contributed by atoms with Gasteiger partial charge in [-0.3, -0.25) is 0 Å². The molecule has 0 radical (unpaired) electrons. The molecule has 0 amide bonds. The Kier molecular flexibility index (Phi) is 5.85. The van der Waals surface area contributed by atoms with E-state index in [-0.39, 0.29) is 0 Å². The zero-order chi connectivity index (χ0) is 13.5. The molecule has 1 aromatic rings. The lowest BCUT2D eigenvalue weighted by Gasteiger charge is -2.11. The maximum Gasteiger partial charge on any atom is 0.224 e. The molecule has 1 aromatic heterocycles. The highest BCUT2D eigenvalue weighted by molar-refractivity contribution is 9.10. The van der Waals surface area contributed by atoms with Crippen LogP contribution >= 0.6 is 15.9 Å². The summed E-state index contributed by atoms with van der Waals surface area (Å²) in [7, 11) is 0. The van der Waals surface area contributed by atoms with Crippen molar-refractivity contribution < 1.29 is 4.74 Å². The molecule has 1 saturated heterocycles. The highest BCUT2D eigenvalue weighted by atomic mass is 79.9. The maximum absolute atomic E-state index is 5.37. The van der Waals surface area contributed by atoms with Gasteiger partial charge in [0.15, 0.2) is 0 Å². The Morgan fingerprint density at radius 1 is 1.42 bits per heavy atom. The number of rotatable bonds is 7. The summed E-state index contributed by atoms with van der Waals surface area (Å²) >= 11 is 3.47. The molecule has 2 N–H and O–H groups in total. The molecule has 1 aliphatic heterocycles. The van der Waals surface area contributed by atoms with E-state index in [2.05, 4.69) is 43.5 Å². The van der Waals surface area contributed by atoms with Gasteiger partial charge in [0.25, 0.3) is 0 Å². The van der Waals surface area contributed by atoms with Crippen molar-refractivity contribution in [3.63, 3.8) is 0 Å². The number of nitrogens with zero attached hydrogens (tertiary/aromatic N) is 2. The summed E-state index contributed by atoms with van der Waals surface area (Å²) in [4.78, 5) is 8.70. The van der Waals surface area contributed by atoms with Gasteiger partial charge in [-0.15, -0.1) is 0 Å². The molecule has 19 heavy (non-hydrogen) atoms. The lowest BCUT2D eigenvalue weighted by atomic mass is 10.1. The Labute approximate surface area is 122 Å². The van der Waals surface area contributed by atoms with Crippen LogP contribution in [0, 0.1) is 5.92 Å². The predicted molar refractivity (Wildman–Crippen MR) is 80.5 cm³/mol. The Bertz CT molecular complexity index is 396. The molecule has 1 unspecified atom stereocenters. The molecular weight excluding hydrogens is 308 g/mol. The normalized spacial score (nSPS) is 18.5. The van der Waals surface area contributed by atoms with Gasteiger partial charge >= 0.3 is 0 Å². The molecule has 0 aliphatic carbocycles. The minimum atomic E-state index is 0.678. The van der Waals surface area contributed by atoms with Crippen LogP contribution in [0.3, 0.4) is 0 Å². The number of hydrogen-bond acceptors (Lipinski definition) is 5. The summed E-state index contributed by atoms with van der Waals surface area (Å²) < 4.78 is 6.27. The number of ether oxygens (including phenoxy) is 1. The van der Waals surface area contributed by atoms with E-state index in [0.717, 1.165) is 49.4 Å². The second kappa shape index (κ2) is 7.65. The van der Waals surface area contributed by atoms with E-state index in [0.29, 0.717) is 11.9 Å². The molecule has 1 aliphatic rings. The smallest absolute Gasteiger partial charge is 0.224 e. The van der Waals surface area contributed by atoms with Crippen molar-refractivity contribution in [3.05, 3.63) is 10.7 Å². The van der Waals surface area contributed by atoms with Gasteiger partial charge in [0.1, 0.15) is 5.82 Å². The SMILES string of the molecule is CCCNc1ncc(Br)c(NCCC2CCOC2)n1. The molecular formula is C13H21BrN4O. The largest absolute Gasteiger partial charge is 0.381 e. The van der Waals surface area contributed by atoms with E-state index in [1.807, 2.05) is 0 Å². The van der Waals surface area contributed by atoms with E-state index in [9.17, 15) is 0 Å². The van der Waals surface area contributed by atoms with Gasteiger partial charge in [-0.2, -0.15) is 4.98 Å². The summed E-state index contributed by atoms with van der Waals surface area (Å²) in [6.45, 7) is 5.73. The van der Waals surface area contributed by atoms with Gasteiger partial charge in [-0.05, 0) is 41.1 Å². The molecule has 2 heterocycles. The summed E-state index contributed by atoms with van der Waals surface area (Å²) in [5.41, 5.74) is 0. The first-order valence-corrected chi connectivity index (χ1v) is 7.67. The van der Waals surface area contributed by atoms with Crippen molar-refractivity contribution in [3.8, 4) is 0 Å². The van der Waals surface area contributed by atoms with Crippen LogP contribution < -0.4 is 10.6 Å². The number of anilines is 2. The van der Waals surface area contributed by atoms with Crippen molar-refractivity contribution in [2.75, 3.05) is 36.9 Å². The number of hydrogen-bond donors (Lipinski definition) is 2. The average molecular weight is 329 g/mol. The summed E-state index contributed by atoms with van der Waals surface area (Å²) in [5.74, 6) is 2.22. The van der Waals surface area contributed by atoms with Crippen LogP contribution in [0.2, 0.25) is 0 Å². The molecule has 0 spiro atoms. The van der Waals surface area contributed by atoms with Crippen molar-refractivity contribution in [1.29, 1.82) is 0 Å². The standard InChI is InChI=1S/C13H21BrN4O/c1-2-5-16-13-17-8-11(14)12(18-13)15-6-3-10-4-7-19-9-10/h8,10H,2-7,9H2,1H3,(H2,15,16,17,18). The minimum absolute atomic E-state index is 0.678. The third kappa shape index (κ3) is 4.62. The summed E-state index contributed by atoms with van der Waals surface area (Å²) in [6, 6.07) is 0. The van der Waals surface area contributed by atoms with Crippen molar-refractivity contribution in [2.45, 2.75) is 26.2 Å². The lowest BCUT2D eigenvalue weighted by Crippen LogP contribution is -2.12. The third-order valence-corrected chi connectivity index (χ3v) is 3.73. The van der Waals surface area contributed by atoms with Crippen LogP contribution in [0.25, 0.3) is 0 Å². The zero-order valence-corrected chi connectivity index (χ0v) is 12.9. The molecule has 1 atom stereocenters. The Hall–Kier alpha value is -0.880. The van der Waals surface area contributed by atoms with Gasteiger partial charge in [-0.25, -0.2) is 4.98 Å². The fourth-order valence-electron chi connectivity index (χ4n) is 2.02. The van der Waals surface area contributed by atoms with Gasteiger partial charge in [0.2, 0.25) is 5.95 Å². The van der Waals surface area contributed by atoms with Crippen molar-refractivity contribution >= 4 is 27.7 Å². The van der Waals surface area contributed by atoms with Gasteiger partial charge in [0, 0.05) is 32.5 Å². The fraction of sp³-hybridized carbons (Fsp3) is 0.692. The summed E-state index contributed by atoms with van der Waals surface area (Å²) in [5, 5.41) is 6.55. The fourth-order valence-corrected chi connectivity index (χ4v) is 2.35. The molecule has 106 valence electrons. The first-order valence-electron chi connectivity index (χ1n) is 6.87. The van der Waals surface area contributed by atoms with Gasteiger partial charge < -0.3 is 15.4 Å². The molecule has 6 heteroatoms. The molecule has 1 fully saturated rings. The Balaban J connectivity index is 1.83. The van der Waals surface area contributed by atoms with Crippen molar-refractivity contribution in [2.24, 2.45) is 5.92 Å². The molecule has 0 bridgehead atoms. The number of nitrogens with one attached hydrogen (secondary N) is 2. The minimum Gasteiger partial charge on any atom is -0.381 e. The van der Waals surface area contributed by atoms with Crippen LogP contribution in [-0.4, -0.2) is 36.3 Å². The first kappa shape index (κ1) is 14.5. The van der Waals surface area contributed by atoms with Crippen LogP contribution in [0.5, 0.6) is 0 Å². The predicted octanol–water partition coefficient (Wildman–Crippen LogP) is 2.90. The quantitative estimate of drug-likeness (QED) is 0.805. The second-order valence-electron chi connectivity index (χ2n) is 4.76. The molecule has 5 nitrogen and oxygen atoms in total. The molecule has 2 rings (SSSR count). The van der Waals surface area contributed by atoms with E-state index >= 15 is 0 Å². The maximum atomic E-state index is 5.37. The van der Waals surface area contributed by atoms with Gasteiger partial charge in [0.05, 0.1) is 4.47 Å². The van der Waals surface area contributed by atoms with E-state index in [4.69, 9.17) is 4.74 Å². The Morgan fingerprint density at radius 3 is 3.05 bits per heavy atom. The lowest BCUT2D eigenvalue weighted by molar-refractivity contribution is 0.185. The average Bonchev–Trinajstić information content (AvgIpc) is 2.92. The summed E-state index contributed by atoms with van der Waals surface area (Å²) in [6.07, 6.45) is 5.14. The second-order valence-corrected chi connectivity index (χ2v) is 5.62. The van der Waals surface area contributed by atoms with Crippen LogP contribution in [0.15, 0.2) is 10.7 Å². The monoisotopic (exact) mass is 328 g/mol. The first-order chi connectivity index (χ1) is 9.29. The third-order valence-electron chi connectivity index (χ3n) is 3.15. The van der Waals surface area contributed by atoms with E-state index in [1.165, 1.54) is 6.42 Å². The van der Waals surface area contributed by atoms with Crippen LogP contribution in [0.4, 0.5) is 11.8 Å². The topological polar surface area (TPSA) is 59.1 Å². The van der Waals surface area contributed by atoms with Crippen LogP contribution in [0.1, 0.15) is 26.2 Å². The number of halogens is 1. The van der Waals surface area contributed by atoms with E-state index < -0.39 is 0 Å². The molecule has 0 saturated carbocycles. The molecule has 0 aromatic carbocycles. The number of aromatic nitrogens is 2. The van der Waals surface area contributed by atoms with E-state index in [1.54, 1.807) is 6.20 Å². The van der Waals surface area contributed by atoms with Crippen LogP contribution in [-0.2, 0) is 4.74 Å². The van der Waals surface area contributed by atoms with Gasteiger partial charge in [-0.1, -0.05) is 6.92 Å². The highest BCUT2D eigenvalue weighted by Crippen LogP contribution is 2.21. The zero-order valence-electron chi connectivity index (χ0n) is 11.3. The van der Waals surface area contributed by atoms with Crippen molar-refractivity contribution in [1.82, 2.24) is 9.97 Å². The Morgan fingerprint density at radius 2 is 2.32 bits per heavy atom. The highest BCUT2D eigenvalue weighted by Gasteiger charge is 2.15.